The van der Waals surface area contributed by atoms with Crippen LogP contribution in [0.15, 0.2) is 48.5 Å². The van der Waals surface area contributed by atoms with Crippen LogP contribution in [-0.4, -0.2) is 58.8 Å². The highest BCUT2D eigenvalue weighted by Gasteiger charge is 2.51. The molecule has 0 amide bonds. The fourth-order valence-corrected chi connectivity index (χ4v) is 5.42. The summed E-state index contributed by atoms with van der Waals surface area (Å²) in [5.41, 5.74) is 3.56. The lowest BCUT2D eigenvalue weighted by atomic mass is 9.93. The minimum atomic E-state index is -0.995. The van der Waals surface area contributed by atoms with E-state index in [2.05, 4.69) is 55.1 Å². The zero-order valence-electron chi connectivity index (χ0n) is 19.5. The number of halogens is 1. The van der Waals surface area contributed by atoms with E-state index >= 15 is 0 Å². The lowest BCUT2D eigenvalue weighted by molar-refractivity contribution is -1.11. The molecule has 1 heterocycles. The van der Waals surface area contributed by atoms with E-state index in [-0.39, 0.29) is 29.1 Å². The van der Waals surface area contributed by atoms with Crippen LogP contribution in [0.3, 0.4) is 0 Å². The van der Waals surface area contributed by atoms with Gasteiger partial charge in [-0.05, 0) is 49.1 Å². The van der Waals surface area contributed by atoms with Gasteiger partial charge in [0, 0.05) is 17.0 Å². The van der Waals surface area contributed by atoms with Crippen LogP contribution in [0.1, 0.15) is 61.8 Å². The second kappa shape index (κ2) is 9.09. The Morgan fingerprint density at radius 1 is 1.15 bits per heavy atom. The summed E-state index contributed by atoms with van der Waals surface area (Å²) in [5.74, 6) is -1.14. The van der Waals surface area contributed by atoms with Crippen molar-refractivity contribution < 1.29 is 24.2 Å². The van der Waals surface area contributed by atoms with E-state index in [0.29, 0.717) is 12.5 Å². The first-order valence-corrected chi connectivity index (χ1v) is 11.9. The van der Waals surface area contributed by atoms with Crippen LogP contribution >= 0.6 is 11.6 Å². The molecule has 6 nitrogen and oxygen atoms in total. The summed E-state index contributed by atoms with van der Waals surface area (Å²) in [7, 11) is 1.92. The Morgan fingerprint density at radius 2 is 1.88 bits per heavy atom. The average molecular weight is 472 g/mol. The predicted octanol–water partition coefficient (Wildman–Crippen LogP) is 4.78. The summed E-state index contributed by atoms with van der Waals surface area (Å²) in [6.45, 7) is 6.35. The van der Waals surface area contributed by atoms with E-state index in [9.17, 15) is 9.59 Å². The van der Waals surface area contributed by atoms with Gasteiger partial charge in [-0.3, -0.25) is 14.5 Å². The first kappa shape index (κ1) is 23.7. The predicted molar refractivity (Wildman–Crippen MR) is 127 cm³/mol. The highest BCUT2D eigenvalue weighted by Crippen LogP contribution is 2.48. The van der Waals surface area contributed by atoms with Gasteiger partial charge in [0.25, 0.3) is 0 Å². The Labute approximate surface area is 200 Å². The van der Waals surface area contributed by atoms with Crippen molar-refractivity contribution in [1.82, 2.24) is 4.90 Å². The first-order chi connectivity index (χ1) is 15.6. The van der Waals surface area contributed by atoms with Crippen molar-refractivity contribution in [3.8, 4) is 0 Å². The third-order valence-corrected chi connectivity index (χ3v) is 7.65. The minimum absolute atomic E-state index is 0.115. The molecule has 0 aromatic heterocycles. The van der Waals surface area contributed by atoms with E-state index in [1.807, 2.05) is 19.2 Å². The van der Waals surface area contributed by atoms with Gasteiger partial charge in [-0.1, -0.05) is 48.0 Å². The molecule has 2 aromatic rings. The topological polar surface area (TPSA) is 66.8 Å². The zero-order valence-corrected chi connectivity index (χ0v) is 20.2. The molecule has 3 atom stereocenters. The van der Waals surface area contributed by atoms with Gasteiger partial charge in [0.15, 0.2) is 0 Å². The Balaban J connectivity index is 1.54. The number of fused-ring (bicyclic) bond motifs is 1. The molecule has 1 aliphatic heterocycles. The summed E-state index contributed by atoms with van der Waals surface area (Å²) >= 11 is 6.41. The molecule has 0 saturated carbocycles. The van der Waals surface area contributed by atoms with Gasteiger partial charge in [-0.2, -0.15) is 0 Å². The number of hydrogen-bond acceptors (Lipinski definition) is 4. The van der Waals surface area contributed by atoms with Gasteiger partial charge in [0.1, 0.15) is 19.1 Å². The third-order valence-electron chi connectivity index (χ3n) is 7.42. The van der Waals surface area contributed by atoms with E-state index in [0.717, 1.165) is 24.5 Å². The fraction of sp³-hybridized carbons (Fsp3) is 0.462. The minimum Gasteiger partial charge on any atom is -0.481 e. The lowest BCUT2D eigenvalue weighted by Gasteiger charge is -2.51. The summed E-state index contributed by atoms with van der Waals surface area (Å²) in [6, 6.07) is 17.1. The van der Waals surface area contributed by atoms with E-state index in [1.54, 1.807) is 0 Å². The number of carbonyl (C=O) groups is 2. The number of nitrogens with zero attached hydrogens (tertiary/aromatic N) is 2. The number of carboxylic acid groups (broad SMARTS) is 1. The van der Waals surface area contributed by atoms with Crippen LogP contribution in [0.4, 0.5) is 0 Å². The van der Waals surface area contributed by atoms with E-state index < -0.39 is 11.9 Å². The van der Waals surface area contributed by atoms with Crippen molar-refractivity contribution in [2.75, 3.05) is 26.7 Å². The Hall–Kier alpha value is -2.41. The van der Waals surface area contributed by atoms with Gasteiger partial charge < -0.3 is 5.11 Å². The Kier molecular flexibility index (Phi) is 6.54. The molecule has 33 heavy (non-hydrogen) atoms. The quantitative estimate of drug-likeness (QED) is 0.614. The summed E-state index contributed by atoms with van der Waals surface area (Å²) in [4.78, 5) is 31.4. The van der Waals surface area contributed by atoms with Gasteiger partial charge >= 0.3 is 11.9 Å². The molecule has 2 aliphatic rings. The number of hydroxylamine groups is 3. The third kappa shape index (κ3) is 4.79. The van der Waals surface area contributed by atoms with E-state index in [1.165, 1.54) is 16.7 Å². The summed E-state index contributed by atoms with van der Waals surface area (Å²) in [5, 5.41) is 9.61. The van der Waals surface area contributed by atoms with Crippen LogP contribution in [0, 0.1) is 0 Å². The molecule has 1 N–H and O–H groups in total. The van der Waals surface area contributed by atoms with Crippen molar-refractivity contribution in [1.29, 1.82) is 0 Å². The monoisotopic (exact) mass is 471 g/mol. The SMILES string of the molecule is CC1(C)CN([C@@H]2C[C@@H](c3ccccc3)c3ccc(Cl)cc32)CC[N+]1(C)OC(=O)CCC(=O)O. The van der Waals surface area contributed by atoms with Crippen LogP contribution in [0.2, 0.25) is 5.02 Å². The van der Waals surface area contributed by atoms with Gasteiger partial charge in [0.2, 0.25) is 0 Å². The molecule has 0 bridgehead atoms. The van der Waals surface area contributed by atoms with Crippen LogP contribution in [-0.2, 0) is 14.4 Å². The zero-order chi connectivity index (χ0) is 23.8. The van der Waals surface area contributed by atoms with E-state index in [4.69, 9.17) is 21.5 Å². The Bertz CT molecular complexity index is 1040. The number of carbonyl (C=O) groups excluding carboxylic acids is 1. The number of likely N-dealkylation sites (N-methyl/N-ethyl adjacent to an activating group) is 1. The van der Waals surface area contributed by atoms with Gasteiger partial charge in [0.05, 0.1) is 25.9 Å². The average Bonchev–Trinajstić information content (AvgIpc) is 3.13. The maximum Gasteiger partial charge on any atom is 0.367 e. The molecule has 7 heteroatoms. The van der Waals surface area contributed by atoms with Gasteiger partial charge in [-0.25, -0.2) is 4.79 Å². The molecule has 4 rings (SSSR count). The molecular weight excluding hydrogens is 440 g/mol. The van der Waals surface area contributed by atoms with Crippen molar-refractivity contribution in [2.45, 2.75) is 50.6 Å². The molecule has 1 fully saturated rings. The second-order valence-electron chi connectivity index (χ2n) is 9.95. The number of rotatable bonds is 6. The number of quaternary nitrogens is 1. The van der Waals surface area contributed by atoms with Crippen LogP contribution in [0.5, 0.6) is 0 Å². The molecule has 1 saturated heterocycles. The molecule has 0 spiro atoms. The molecule has 176 valence electrons. The van der Waals surface area contributed by atoms with Crippen molar-refractivity contribution >= 4 is 23.5 Å². The summed E-state index contributed by atoms with van der Waals surface area (Å²) in [6.07, 6.45) is 0.653. The number of carboxylic acids is 1. The van der Waals surface area contributed by atoms with Crippen molar-refractivity contribution in [2.24, 2.45) is 0 Å². The number of hydrogen-bond donors (Lipinski definition) is 1. The molecule has 0 radical (unpaired) electrons. The number of piperazine rings is 1. The van der Waals surface area contributed by atoms with Gasteiger partial charge in [-0.15, -0.1) is 4.65 Å². The normalized spacial score (nSPS) is 26.5. The largest absolute Gasteiger partial charge is 0.481 e. The number of benzene rings is 2. The summed E-state index contributed by atoms with van der Waals surface area (Å²) < 4.78 is 0.138. The standard InChI is InChI=1S/C26H31ClN2O4/c1-26(2)17-28(13-14-29(26,3)33-25(32)12-11-24(30)31)23-16-21(18-7-5-4-6-8-18)20-10-9-19(27)15-22(20)23/h4-10,15,21,23H,11-14,16-17H2,1-3H3/p+1/t21-,23+,29?/m0/s1. The fourth-order valence-electron chi connectivity index (χ4n) is 5.24. The molecule has 2 aromatic carbocycles. The molecule has 1 aliphatic carbocycles. The molecule has 1 unspecified atom stereocenters. The van der Waals surface area contributed by atoms with Crippen LogP contribution in [0.25, 0.3) is 0 Å². The molecular formula is C26H32ClN2O4+. The number of aliphatic carboxylic acids is 1. The smallest absolute Gasteiger partial charge is 0.367 e. The lowest BCUT2D eigenvalue weighted by Crippen LogP contribution is -2.69. The first-order valence-electron chi connectivity index (χ1n) is 11.5. The Morgan fingerprint density at radius 3 is 2.55 bits per heavy atom. The van der Waals surface area contributed by atoms with Crippen LogP contribution < -0.4 is 0 Å². The van der Waals surface area contributed by atoms with Crippen molar-refractivity contribution in [3.05, 3.63) is 70.2 Å². The highest BCUT2D eigenvalue weighted by molar-refractivity contribution is 6.30. The van der Waals surface area contributed by atoms with Crippen molar-refractivity contribution in [3.63, 3.8) is 0 Å². The highest BCUT2D eigenvalue weighted by atomic mass is 35.5. The second-order valence-corrected chi connectivity index (χ2v) is 10.4. The maximum absolute atomic E-state index is 12.3. The maximum atomic E-state index is 12.3.